The van der Waals surface area contributed by atoms with Gasteiger partial charge in [-0.3, -0.25) is 14.5 Å². The van der Waals surface area contributed by atoms with Crippen LogP contribution in [0.25, 0.3) is 0 Å². The van der Waals surface area contributed by atoms with Crippen LogP contribution in [0.2, 0.25) is 0 Å². The lowest BCUT2D eigenvalue weighted by Crippen LogP contribution is -2.45. The van der Waals surface area contributed by atoms with Gasteiger partial charge in [0.2, 0.25) is 0 Å². The minimum Gasteiger partial charge on any atom is -0.314 e. The maximum Gasteiger partial charge on any atom is 0.278 e. The normalized spacial score (nSPS) is 15.2. The molecule has 0 aromatic heterocycles. The Labute approximate surface area is 103 Å². The fourth-order valence-corrected chi connectivity index (χ4v) is 1.93. The maximum atomic E-state index is 13.4. The van der Waals surface area contributed by atoms with E-state index in [0.29, 0.717) is 4.90 Å². The Hall–Kier alpha value is -1.82. The van der Waals surface area contributed by atoms with Crippen molar-refractivity contribution in [3.05, 3.63) is 35.4 Å². The second-order valence-electron chi connectivity index (χ2n) is 4.13. The molecule has 1 aliphatic heterocycles. The molecule has 1 aromatic rings. The Balaban J connectivity index is 2.24. The van der Waals surface area contributed by atoms with Crippen molar-refractivity contribution in [3.8, 4) is 0 Å². The van der Waals surface area contributed by atoms with Gasteiger partial charge in [-0.15, -0.1) is 0 Å². The summed E-state index contributed by atoms with van der Waals surface area (Å²) in [6.45, 7) is -1.49. The van der Waals surface area contributed by atoms with Gasteiger partial charge in [-0.25, -0.2) is 8.78 Å². The fourth-order valence-electron chi connectivity index (χ4n) is 1.93. The minimum absolute atomic E-state index is 0.183. The number of amides is 2. The summed E-state index contributed by atoms with van der Waals surface area (Å²) in [6.07, 6.45) is 0. The fraction of sp³-hybridized carbons (Fsp3) is 0.333. The third-order valence-corrected chi connectivity index (χ3v) is 2.70. The van der Waals surface area contributed by atoms with E-state index in [-0.39, 0.29) is 11.1 Å². The minimum atomic E-state index is -3.14. The molecule has 0 aliphatic carbocycles. The molecule has 1 aliphatic rings. The van der Waals surface area contributed by atoms with Crippen LogP contribution in [0.3, 0.4) is 0 Å². The highest BCUT2D eigenvalue weighted by Gasteiger charge is 2.41. The zero-order chi connectivity index (χ0) is 13.3. The Morgan fingerprint density at radius 3 is 2.11 bits per heavy atom. The molecule has 96 valence electrons. The molecular formula is C12H12F2N2O2. The maximum absolute atomic E-state index is 13.4. The van der Waals surface area contributed by atoms with E-state index in [2.05, 4.69) is 5.32 Å². The highest BCUT2D eigenvalue weighted by molar-refractivity contribution is 6.21. The number of carbonyl (C=O) groups is 2. The molecule has 2 amide bonds. The molecule has 6 heteroatoms. The monoisotopic (exact) mass is 254 g/mol. The van der Waals surface area contributed by atoms with Crippen molar-refractivity contribution in [2.24, 2.45) is 0 Å². The number of imide groups is 1. The zero-order valence-electron chi connectivity index (χ0n) is 9.74. The Morgan fingerprint density at radius 1 is 1.17 bits per heavy atom. The number of alkyl halides is 2. The average molecular weight is 254 g/mol. The first-order chi connectivity index (χ1) is 8.46. The van der Waals surface area contributed by atoms with Crippen molar-refractivity contribution >= 4 is 11.8 Å². The van der Waals surface area contributed by atoms with E-state index in [9.17, 15) is 18.4 Å². The average Bonchev–Trinajstić information content (AvgIpc) is 2.55. The summed E-state index contributed by atoms with van der Waals surface area (Å²) in [5.41, 5.74) is 0.366. The van der Waals surface area contributed by atoms with Gasteiger partial charge in [-0.05, 0) is 19.2 Å². The van der Waals surface area contributed by atoms with Gasteiger partial charge in [-0.2, -0.15) is 0 Å². The van der Waals surface area contributed by atoms with Gasteiger partial charge >= 0.3 is 0 Å². The Morgan fingerprint density at radius 2 is 1.67 bits per heavy atom. The molecule has 1 N–H and O–H groups in total. The van der Waals surface area contributed by atoms with Gasteiger partial charge in [0, 0.05) is 0 Å². The molecule has 0 fully saturated rings. The molecule has 18 heavy (non-hydrogen) atoms. The summed E-state index contributed by atoms with van der Waals surface area (Å²) in [5.74, 6) is -4.46. The van der Waals surface area contributed by atoms with Crippen molar-refractivity contribution in [2.45, 2.75) is 5.92 Å². The first-order valence-corrected chi connectivity index (χ1v) is 5.44. The van der Waals surface area contributed by atoms with E-state index < -0.39 is 30.8 Å². The quantitative estimate of drug-likeness (QED) is 0.820. The van der Waals surface area contributed by atoms with Crippen molar-refractivity contribution in [1.82, 2.24) is 10.2 Å². The lowest BCUT2D eigenvalue weighted by atomic mass is 10.1. The number of hydrogen-bond donors (Lipinski definition) is 1. The predicted molar refractivity (Wildman–Crippen MR) is 60.7 cm³/mol. The van der Waals surface area contributed by atoms with Crippen molar-refractivity contribution in [2.75, 3.05) is 20.1 Å². The first-order valence-electron chi connectivity index (χ1n) is 5.44. The number of benzene rings is 1. The van der Waals surface area contributed by atoms with E-state index >= 15 is 0 Å². The summed E-state index contributed by atoms with van der Waals surface area (Å²) in [4.78, 5) is 24.3. The van der Waals surface area contributed by atoms with Crippen LogP contribution >= 0.6 is 0 Å². The summed E-state index contributed by atoms with van der Waals surface area (Å²) in [6, 6.07) is 6.12. The summed E-state index contributed by atoms with van der Waals surface area (Å²) in [7, 11) is 1.39. The Bertz CT molecular complexity index is 468. The lowest BCUT2D eigenvalue weighted by molar-refractivity contribution is -0.0198. The molecule has 0 atom stereocenters. The molecule has 1 aromatic carbocycles. The van der Waals surface area contributed by atoms with Crippen molar-refractivity contribution < 1.29 is 18.4 Å². The third-order valence-electron chi connectivity index (χ3n) is 2.70. The van der Waals surface area contributed by atoms with Crippen LogP contribution < -0.4 is 5.32 Å². The molecule has 0 saturated heterocycles. The molecule has 0 spiro atoms. The number of fused-ring (bicyclic) bond motifs is 1. The Kier molecular flexibility index (Phi) is 3.13. The number of carbonyl (C=O) groups excluding carboxylic acids is 2. The molecule has 1 heterocycles. The van der Waals surface area contributed by atoms with E-state index in [0.717, 1.165) is 0 Å². The molecule has 4 nitrogen and oxygen atoms in total. The van der Waals surface area contributed by atoms with Crippen molar-refractivity contribution in [3.63, 3.8) is 0 Å². The highest BCUT2D eigenvalue weighted by atomic mass is 19.3. The van der Waals surface area contributed by atoms with Gasteiger partial charge < -0.3 is 5.32 Å². The van der Waals surface area contributed by atoms with Gasteiger partial charge in [0.1, 0.15) is 0 Å². The third kappa shape index (κ3) is 2.11. The number of nitrogens with zero attached hydrogens (tertiary/aromatic N) is 1. The van der Waals surface area contributed by atoms with Gasteiger partial charge in [0.15, 0.2) is 0 Å². The topological polar surface area (TPSA) is 49.4 Å². The van der Waals surface area contributed by atoms with Gasteiger partial charge in [0.05, 0.1) is 24.2 Å². The molecule has 0 bridgehead atoms. The van der Waals surface area contributed by atoms with Crippen LogP contribution in [0.5, 0.6) is 0 Å². The van der Waals surface area contributed by atoms with Crippen LogP contribution in [0.1, 0.15) is 20.7 Å². The van der Waals surface area contributed by atoms with Crippen LogP contribution in [0.15, 0.2) is 24.3 Å². The predicted octanol–water partition coefficient (Wildman–Crippen LogP) is 1.14. The summed E-state index contributed by atoms with van der Waals surface area (Å²) in [5, 5.41) is 2.33. The highest BCUT2D eigenvalue weighted by Crippen LogP contribution is 2.25. The zero-order valence-corrected chi connectivity index (χ0v) is 9.74. The molecule has 0 radical (unpaired) electrons. The van der Waals surface area contributed by atoms with Crippen molar-refractivity contribution in [1.29, 1.82) is 0 Å². The molecule has 2 rings (SSSR count). The first kappa shape index (κ1) is 12.6. The SMILES string of the molecule is CNCC(F)(F)CN1C(=O)c2ccccc2C1=O. The largest absolute Gasteiger partial charge is 0.314 e. The molecular weight excluding hydrogens is 242 g/mol. The number of nitrogens with one attached hydrogen (secondary N) is 1. The number of hydrogen-bond acceptors (Lipinski definition) is 3. The van der Waals surface area contributed by atoms with Gasteiger partial charge in [0.25, 0.3) is 17.7 Å². The van der Waals surface area contributed by atoms with Gasteiger partial charge in [-0.1, -0.05) is 12.1 Å². The van der Waals surface area contributed by atoms with E-state index in [1.165, 1.54) is 19.2 Å². The second kappa shape index (κ2) is 4.45. The molecule has 0 unspecified atom stereocenters. The van der Waals surface area contributed by atoms with E-state index in [1.807, 2.05) is 0 Å². The lowest BCUT2D eigenvalue weighted by Gasteiger charge is -2.21. The van der Waals surface area contributed by atoms with Crippen LogP contribution in [-0.4, -0.2) is 42.8 Å². The summed E-state index contributed by atoms with van der Waals surface area (Å²) < 4.78 is 26.9. The molecule has 0 saturated carbocycles. The standard InChI is InChI=1S/C12H12F2N2O2/c1-15-6-12(13,14)7-16-10(17)8-4-2-3-5-9(8)11(16)18/h2-5,15H,6-7H2,1H3. The van der Waals surface area contributed by atoms with Crippen LogP contribution in [0, 0.1) is 0 Å². The van der Waals surface area contributed by atoms with Crippen LogP contribution in [-0.2, 0) is 0 Å². The van der Waals surface area contributed by atoms with E-state index in [4.69, 9.17) is 0 Å². The smallest absolute Gasteiger partial charge is 0.278 e. The van der Waals surface area contributed by atoms with Crippen LogP contribution in [0.4, 0.5) is 8.78 Å². The number of rotatable bonds is 4. The summed E-state index contributed by atoms with van der Waals surface area (Å²) >= 11 is 0. The number of halogens is 2. The van der Waals surface area contributed by atoms with E-state index in [1.54, 1.807) is 12.1 Å². The second-order valence-corrected chi connectivity index (χ2v) is 4.13.